The molecule has 0 aliphatic heterocycles. The number of rotatable bonds is 6. The lowest BCUT2D eigenvalue weighted by Gasteiger charge is -2.14. The minimum Gasteiger partial charge on any atom is -0.483 e. The van der Waals surface area contributed by atoms with E-state index in [1.165, 1.54) is 17.8 Å². The zero-order chi connectivity index (χ0) is 18.7. The van der Waals surface area contributed by atoms with Gasteiger partial charge in [-0.25, -0.2) is 4.39 Å². The van der Waals surface area contributed by atoms with Crippen LogP contribution in [0.15, 0.2) is 47.6 Å². The summed E-state index contributed by atoms with van der Waals surface area (Å²) in [5, 5.41) is 9.53. The third-order valence-corrected chi connectivity index (χ3v) is 5.34. The highest BCUT2D eigenvalue weighted by Crippen LogP contribution is 2.29. The van der Waals surface area contributed by atoms with Gasteiger partial charge in [0.05, 0.1) is 0 Å². The van der Waals surface area contributed by atoms with Crippen molar-refractivity contribution >= 4 is 23.4 Å². The molecule has 0 radical (unpaired) electrons. The van der Waals surface area contributed by atoms with Gasteiger partial charge in [0.1, 0.15) is 11.6 Å². The monoisotopic (exact) mass is 391 g/mol. The molecule has 0 N–H and O–H groups in total. The molecular formula is C19H19ClFN3OS. The number of aromatic nitrogens is 3. The number of benzene rings is 2. The fourth-order valence-electron chi connectivity index (χ4n) is 2.56. The number of halogens is 2. The molecule has 26 heavy (non-hydrogen) atoms. The van der Waals surface area contributed by atoms with E-state index in [4.69, 9.17) is 16.3 Å². The van der Waals surface area contributed by atoms with Gasteiger partial charge in [0.2, 0.25) is 0 Å². The van der Waals surface area contributed by atoms with Gasteiger partial charge in [-0.15, -0.1) is 10.2 Å². The Labute approximate surface area is 161 Å². The fourth-order valence-corrected chi connectivity index (χ4v) is 3.82. The van der Waals surface area contributed by atoms with Crippen molar-refractivity contribution in [2.24, 2.45) is 7.05 Å². The second kappa shape index (κ2) is 8.10. The van der Waals surface area contributed by atoms with E-state index in [0.717, 1.165) is 11.3 Å². The maximum atomic E-state index is 13.9. The first-order valence-electron chi connectivity index (χ1n) is 8.14. The van der Waals surface area contributed by atoms with Crippen LogP contribution in [0.1, 0.15) is 30.0 Å². The highest BCUT2D eigenvalue weighted by atomic mass is 35.5. The molecule has 0 bridgehead atoms. The van der Waals surface area contributed by atoms with E-state index >= 15 is 0 Å². The van der Waals surface area contributed by atoms with E-state index in [1.54, 1.807) is 12.1 Å². The number of hydrogen-bond donors (Lipinski definition) is 0. The number of thioether (sulfide) groups is 1. The van der Waals surface area contributed by atoms with Gasteiger partial charge in [-0.3, -0.25) is 0 Å². The first-order valence-corrected chi connectivity index (χ1v) is 9.50. The Kier molecular flexibility index (Phi) is 5.84. The van der Waals surface area contributed by atoms with Crippen LogP contribution in [0, 0.1) is 12.7 Å². The molecule has 2 aromatic carbocycles. The van der Waals surface area contributed by atoms with E-state index in [9.17, 15) is 4.39 Å². The van der Waals surface area contributed by atoms with Gasteiger partial charge in [-0.2, -0.15) is 0 Å². The first kappa shape index (κ1) is 18.7. The van der Waals surface area contributed by atoms with Crippen molar-refractivity contribution in [2.75, 3.05) is 0 Å². The Bertz CT molecular complexity index is 895. The second-order valence-electron chi connectivity index (χ2n) is 5.97. The van der Waals surface area contributed by atoms with Crippen molar-refractivity contribution in [3.63, 3.8) is 0 Å². The Morgan fingerprint density at radius 3 is 2.73 bits per heavy atom. The van der Waals surface area contributed by atoms with Gasteiger partial charge in [-0.1, -0.05) is 41.6 Å². The van der Waals surface area contributed by atoms with Crippen LogP contribution < -0.4 is 4.74 Å². The van der Waals surface area contributed by atoms with Gasteiger partial charge < -0.3 is 9.30 Å². The molecule has 7 heteroatoms. The largest absolute Gasteiger partial charge is 0.483 e. The van der Waals surface area contributed by atoms with Gasteiger partial charge in [0.25, 0.3) is 0 Å². The number of hydrogen-bond acceptors (Lipinski definition) is 4. The van der Waals surface area contributed by atoms with Crippen molar-refractivity contribution in [1.29, 1.82) is 0 Å². The maximum Gasteiger partial charge on any atom is 0.191 e. The molecule has 3 rings (SSSR count). The highest BCUT2D eigenvalue weighted by molar-refractivity contribution is 7.98. The Morgan fingerprint density at radius 2 is 2.00 bits per heavy atom. The Balaban J connectivity index is 1.71. The van der Waals surface area contributed by atoms with Crippen molar-refractivity contribution in [2.45, 2.75) is 30.9 Å². The van der Waals surface area contributed by atoms with Gasteiger partial charge in [0.15, 0.2) is 17.1 Å². The molecule has 0 aliphatic carbocycles. The van der Waals surface area contributed by atoms with Gasteiger partial charge in [0, 0.05) is 23.4 Å². The minimum absolute atomic E-state index is 0.263. The lowest BCUT2D eigenvalue weighted by molar-refractivity contribution is 0.211. The van der Waals surface area contributed by atoms with Crippen LogP contribution in [-0.2, 0) is 12.8 Å². The average molecular weight is 392 g/mol. The van der Waals surface area contributed by atoms with Crippen molar-refractivity contribution in [1.82, 2.24) is 14.8 Å². The Hall–Kier alpha value is -2.05. The average Bonchev–Trinajstić information content (AvgIpc) is 2.95. The van der Waals surface area contributed by atoms with Gasteiger partial charge in [-0.05, 0) is 43.7 Å². The number of ether oxygens (including phenoxy) is 1. The molecular weight excluding hydrogens is 373 g/mol. The summed E-state index contributed by atoms with van der Waals surface area (Å²) < 4.78 is 21.7. The lowest BCUT2D eigenvalue weighted by atomic mass is 10.2. The summed E-state index contributed by atoms with van der Waals surface area (Å²) in [7, 11) is 1.87. The molecule has 1 unspecified atom stereocenters. The van der Waals surface area contributed by atoms with Crippen LogP contribution in [0.4, 0.5) is 4.39 Å². The summed E-state index contributed by atoms with van der Waals surface area (Å²) >= 11 is 7.46. The zero-order valence-corrected chi connectivity index (χ0v) is 16.3. The van der Waals surface area contributed by atoms with E-state index in [-0.39, 0.29) is 11.9 Å². The standard InChI is InChI=1S/C19H19ClFN3OS/c1-12-6-4-7-14(10-12)25-13(2)18-22-23-19(24(18)3)26-11-15-16(20)8-5-9-17(15)21/h4-10,13H,11H2,1-3H3. The third-order valence-electron chi connectivity index (χ3n) is 3.94. The van der Waals surface area contributed by atoms with E-state index < -0.39 is 0 Å². The molecule has 0 saturated carbocycles. The van der Waals surface area contributed by atoms with E-state index in [1.807, 2.05) is 49.7 Å². The smallest absolute Gasteiger partial charge is 0.191 e. The van der Waals surface area contributed by atoms with Crippen molar-refractivity contribution in [3.05, 3.63) is 70.3 Å². The van der Waals surface area contributed by atoms with Crippen LogP contribution in [0.3, 0.4) is 0 Å². The molecule has 4 nitrogen and oxygen atoms in total. The highest BCUT2D eigenvalue weighted by Gasteiger charge is 2.18. The summed E-state index contributed by atoms with van der Waals surface area (Å²) in [5.41, 5.74) is 1.60. The molecule has 1 atom stereocenters. The summed E-state index contributed by atoms with van der Waals surface area (Å²) in [4.78, 5) is 0. The molecule has 1 heterocycles. The summed E-state index contributed by atoms with van der Waals surface area (Å²) in [5.74, 6) is 1.55. The molecule has 136 valence electrons. The quantitative estimate of drug-likeness (QED) is 0.531. The minimum atomic E-state index is -0.316. The molecule has 0 spiro atoms. The molecule has 0 saturated heterocycles. The number of aryl methyl sites for hydroxylation is 1. The van der Waals surface area contributed by atoms with Crippen LogP contribution in [-0.4, -0.2) is 14.8 Å². The molecule has 0 fully saturated rings. The topological polar surface area (TPSA) is 39.9 Å². The first-order chi connectivity index (χ1) is 12.5. The lowest BCUT2D eigenvalue weighted by Crippen LogP contribution is -2.10. The van der Waals surface area contributed by atoms with E-state index in [0.29, 0.717) is 27.3 Å². The SMILES string of the molecule is Cc1cccc(OC(C)c2nnc(SCc3c(F)cccc3Cl)n2C)c1. The maximum absolute atomic E-state index is 13.9. The molecule has 0 aliphatic rings. The second-order valence-corrected chi connectivity index (χ2v) is 7.31. The van der Waals surface area contributed by atoms with Crippen LogP contribution in [0.5, 0.6) is 5.75 Å². The molecule has 3 aromatic rings. The molecule has 1 aromatic heterocycles. The fraction of sp³-hybridized carbons (Fsp3) is 0.263. The predicted octanol–water partition coefficient (Wildman–Crippen LogP) is 5.35. The molecule has 0 amide bonds. The third kappa shape index (κ3) is 4.19. The zero-order valence-electron chi connectivity index (χ0n) is 14.7. The van der Waals surface area contributed by atoms with Crippen LogP contribution in [0.25, 0.3) is 0 Å². The summed E-state index contributed by atoms with van der Waals surface area (Å²) in [6.07, 6.45) is -0.263. The summed E-state index contributed by atoms with van der Waals surface area (Å²) in [6, 6.07) is 12.5. The van der Waals surface area contributed by atoms with Crippen LogP contribution in [0.2, 0.25) is 5.02 Å². The van der Waals surface area contributed by atoms with Gasteiger partial charge >= 0.3 is 0 Å². The normalized spacial score (nSPS) is 12.2. The summed E-state index contributed by atoms with van der Waals surface area (Å²) in [6.45, 7) is 3.94. The van der Waals surface area contributed by atoms with Crippen LogP contribution >= 0.6 is 23.4 Å². The number of nitrogens with zero attached hydrogens (tertiary/aromatic N) is 3. The Morgan fingerprint density at radius 1 is 1.23 bits per heavy atom. The van der Waals surface area contributed by atoms with Crippen molar-refractivity contribution in [3.8, 4) is 5.75 Å². The predicted molar refractivity (Wildman–Crippen MR) is 102 cm³/mol. The van der Waals surface area contributed by atoms with E-state index in [2.05, 4.69) is 10.2 Å². The van der Waals surface area contributed by atoms with Crippen molar-refractivity contribution < 1.29 is 9.13 Å².